The number of aryl methyl sites for hydroxylation is 1. The lowest BCUT2D eigenvalue weighted by atomic mass is 10.0. The first-order chi connectivity index (χ1) is 23.2. The van der Waals surface area contributed by atoms with Crippen LogP contribution in [0.1, 0.15) is 11.6 Å². The number of β-lactam (4-membered cyclic amide) rings is 1. The maximum absolute atomic E-state index is 13.8. The molecular weight excluding hydrogens is 661 g/mol. The lowest BCUT2D eigenvalue weighted by Crippen LogP contribution is -2.71. The zero-order valence-electron chi connectivity index (χ0n) is 25.0. The number of pyridine rings is 1. The highest BCUT2D eigenvalue weighted by atomic mass is 32.2. The standard InChI is InChI=1S/C30H26N10O6S2/c1-38-30(35-36-37-38)48-14-16-13-47-28-23(27(43)39(28)24(16)29(44)45)34-26(42)21(15-6-3-2-4-7-15)33-25(41)20-12-32-22-17-8-5-11-31-18(17)9-10-19(22)40(20)46/h2-12,21,23,28,32,46H,13-14H2,1H3,(H,33,41)(H,34,42)(H,44,45)/t21?,23?,28-/m0/s1. The highest BCUT2D eigenvalue weighted by Crippen LogP contribution is 2.42. The quantitative estimate of drug-likeness (QED) is 0.125. The lowest BCUT2D eigenvalue weighted by molar-refractivity contribution is -0.151. The van der Waals surface area contributed by atoms with E-state index in [0.29, 0.717) is 38.9 Å². The first-order valence-electron chi connectivity index (χ1n) is 14.5. The van der Waals surface area contributed by atoms with Crippen molar-refractivity contribution < 1.29 is 29.5 Å². The zero-order chi connectivity index (χ0) is 33.5. The number of aromatic nitrogens is 5. The predicted octanol–water partition coefficient (Wildman–Crippen LogP) is 1.61. The number of fused-ring (bicyclic) bond motifs is 4. The molecule has 3 aliphatic rings. The Morgan fingerprint density at radius 3 is 2.71 bits per heavy atom. The number of benzene rings is 2. The van der Waals surface area contributed by atoms with Crippen molar-refractivity contribution in [2.75, 3.05) is 21.9 Å². The largest absolute Gasteiger partial charge is 0.477 e. The minimum absolute atomic E-state index is 0.131. The van der Waals surface area contributed by atoms with Crippen molar-refractivity contribution in [1.29, 1.82) is 0 Å². The van der Waals surface area contributed by atoms with Crippen LogP contribution in [0.2, 0.25) is 0 Å². The van der Waals surface area contributed by atoms with E-state index in [1.807, 2.05) is 6.07 Å². The summed E-state index contributed by atoms with van der Waals surface area (Å²) >= 11 is 2.57. The summed E-state index contributed by atoms with van der Waals surface area (Å²) < 4.78 is 1.46. The van der Waals surface area contributed by atoms with Crippen LogP contribution < -0.4 is 21.0 Å². The van der Waals surface area contributed by atoms with E-state index in [2.05, 4.69) is 36.5 Å². The average molecular weight is 687 g/mol. The highest BCUT2D eigenvalue weighted by molar-refractivity contribution is 8.01. The van der Waals surface area contributed by atoms with Crippen LogP contribution in [-0.2, 0) is 26.2 Å². The average Bonchev–Trinajstić information content (AvgIpc) is 3.52. The predicted molar refractivity (Wildman–Crippen MR) is 174 cm³/mol. The molecule has 1 fully saturated rings. The van der Waals surface area contributed by atoms with Crippen LogP contribution in [0.4, 0.5) is 11.4 Å². The van der Waals surface area contributed by atoms with Gasteiger partial charge in [0.2, 0.25) is 11.1 Å². The van der Waals surface area contributed by atoms with Gasteiger partial charge in [-0.1, -0.05) is 42.1 Å². The van der Waals surface area contributed by atoms with E-state index in [1.54, 1.807) is 61.8 Å². The summed E-state index contributed by atoms with van der Waals surface area (Å²) in [7, 11) is 1.67. The summed E-state index contributed by atoms with van der Waals surface area (Å²) in [6, 6.07) is 13.1. The van der Waals surface area contributed by atoms with Gasteiger partial charge in [0, 0.05) is 36.3 Å². The molecule has 48 heavy (non-hydrogen) atoms. The van der Waals surface area contributed by atoms with E-state index in [-0.39, 0.29) is 17.1 Å². The summed E-state index contributed by atoms with van der Waals surface area (Å²) in [6.07, 6.45) is 2.98. The topological polar surface area (TPSA) is 208 Å². The van der Waals surface area contributed by atoms with Crippen molar-refractivity contribution in [3.8, 4) is 0 Å². The summed E-state index contributed by atoms with van der Waals surface area (Å²) in [6.45, 7) is 0. The monoisotopic (exact) mass is 686 g/mol. The summed E-state index contributed by atoms with van der Waals surface area (Å²) in [5, 5.41) is 42.1. The van der Waals surface area contributed by atoms with Crippen LogP contribution in [0.15, 0.2) is 89.1 Å². The number of carboxylic acids is 1. The number of amides is 3. The number of carboxylic acid groups (broad SMARTS) is 1. The molecule has 3 amide bonds. The number of aliphatic carboxylic acids is 1. The van der Waals surface area contributed by atoms with E-state index in [4.69, 9.17) is 0 Å². The van der Waals surface area contributed by atoms with Crippen molar-refractivity contribution in [3.05, 3.63) is 89.5 Å². The molecule has 3 aliphatic heterocycles. The van der Waals surface area contributed by atoms with Crippen molar-refractivity contribution >= 4 is 69.5 Å². The molecular formula is C30H26N10O6S2. The Morgan fingerprint density at radius 1 is 1.15 bits per heavy atom. The molecule has 16 nitrogen and oxygen atoms in total. The van der Waals surface area contributed by atoms with Gasteiger partial charge in [-0.15, -0.1) is 16.9 Å². The van der Waals surface area contributed by atoms with E-state index in [9.17, 15) is 29.5 Å². The van der Waals surface area contributed by atoms with Crippen LogP contribution in [0, 0.1) is 0 Å². The molecule has 0 saturated carbocycles. The Hall–Kier alpha value is -5.46. The van der Waals surface area contributed by atoms with Gasteiger partial charge >= 0.3 is 5.97 Å². The third-order valence-electron chi connectivity index (χ3n) is 7.98. The van der Waals surface area contributed by atoms with Crippen LogP contribution >= 0.6 is 23.5 Å². The second-order valence-corrected chi connectivity index (χ2v) is 12.9. The third kappa shape index (κ3) is 5.48. The second kappa shape index (κ2) is 12.6. The van der Waals surface area contributed by atoms with Crippen LogP contribution in [0.3, 0.4) is 0 Å². The number of thioether (sulfide) groups is 2. The smallest absolute Gasteiger partial charge is 0.352 e. The Bertz CT molecular complexity index is 2040. The number of anilines is 2. The molecule has 244 valence electrons. The highest BCUT2D eigenvalue weighted by Gasteiger charge is 2.54. The van der Waals surface area contributed by atoms with Gasteiger partial charge < -0.3 is 21.1 Å². The normalized spacial score (nSPS) is 19.0. The Morgan fingerprint density at radius 2 is 1.96 bits per heavy atom. The second-order valence-electron chi connectivity index (χ2n) is 10.9. The Balaban J connectivity index is 1.08. The molecule has 5 heterocycles. The minimum atomic E-state index is -1.26. The van der Waals surface area contributed by atoms with Crippen molar-refractivity contribution in [2.45, 2.75) is 22.6 Å². The molecule has 2 aromatic heterocycles. The van der Waals surface area contributed by atoms with Gasteiger partial charge in [-0.2, -0.15) is 0 Å². The molecule has 2 aromatic carbocycles. The number of carbonyl (C=O) groups is 4. The van der Waals surface area contributed by atoms with Crippen LogP contribution in [-0.4, -0.2) is 87.0 Å². The van der Waals surface area contributed by atoms with Gasteiger partial charge in [0.15, 0.2) is 0 Å². The fourth-order valence-electron chi connectivity index (χ4n) is 5.64. The number of nitrogens with one attached hydrogen (secondary N) is 3. The maximum atomic E-state index is 13.8. The first-order valence-corrected chi connectivity index (χ1v) is 16.5. The molecule has 5 N–H and O–H groups in total. The van der Waals surface area contributed by atoms with Gasteiger partial charge in [0.05, 0.1) is 16.9 Å². The minimum Gasteiger partial charge on any atom is -0.477 e. The van der Waals surface area contributed by atoms with Gasteiger partial charge in [0.1, 0.15) is 28.9 Å². The number of hydroxylamine groups is 1. The number of carbonyl (C=O) groups excluding carboxylic acids is 3. The van der Waals surface area contributed by atoms with Crippen molar-refractivity contribution in [3.63, 3.8) is 0 Å². The maximum Gasteiger partial charge on any atom is 0.352 e. The number of hydrogen-bond acceptors (Lipinski definition) is 13. The molecule has 0 spiro atoms. The SMILES string of the molecule is Cn1nnnc1SCC1=C(C(=O)O)N2C(=O)C(NC(=O)C(NC(=O)C3=CNc4c(ccc5ncccc45)N3O)c3ccccc3)[C@@H]2SC1. The van der Waals surface area contributed by atoms with E-state index in [0.717, 1.165) is 10.4 Å². The number of rotatable bonds is 9. The number of tetrazole rings is 1. The molecule has 1 saturated heterocycles. The van der Waals surface area contributed by atoms with Gasteiger partial charge in [-0.3, -0.25) is 29.5 Å². The molecule has 4 aromatic rings. The van der Waals surface area contributed by atoms with Gasteiger partial charge in [-0.05, 0) is 45.8 Å². The molecule has 7 rings (SSSR count). The molecule has 0 aliphatic carbocycles. The molecule has 0 radical (unpaired) electrons. The zero-order valence-corrected chi connectivity index (χ0v) is 26.6. The van der Waals surface area contributed by atoms with Crippen molar-refractivity contribution in [1.82, 2.24) is 40.7 Å². The van der Waals surface area contributed by atoms with Gasteiger partial charge in [-0.25, -0.2) is 14.5 Å². The fraction of sp³-hybridized carbons (Fsp3) is 0.200. The molecule has 2 unspecified atom stereocenters. The van der Waals surface area contributed by atoms with E-state index in [1.165, 1.54) is 39.3 Å². The molecule has 3 atom stereocenters. The number of hydrogen-bond donors (Lipinski definition) is 5. The molecule has 0 bridgehead atoms. The van der Waals surface area contributed by atoms with Crippen molar-refractivity contribution in [2.24, 2.45) is 7.05 Å². The summed E-state index contributed by atoms with van der Waals surface area (Å²) in [4.78, 5) is 58.5. The number of nitrogens with zero attached hydrogens (tertiary/aromatic N) is 7. The van der Waals surface area contributed by atoms with E-state index >= 15 is 0 Å². The third-order valence-corrected chi connectivity index (χ3v) is 10.4. The Labute approximate surface area is 280 Å². The summed E-state index contributed by atoms with van der Waals surface area (Å²) in [5.74, 6) is -2.73. The lowest BCUT2D eigenvalue weighted by Gasteiger charge is -2.49. The Kier molecular flexibility index (Phi) is 8.19. The first kappa shape index (κ1) is 31.2. The fourth-order valence-corrected chi connectivity index (χ4v) is 7.97. The van der Waals surface area contributed by atoms with Gasteiger partial charge in [0.25, 0.3) is 11.8 Å². The van der Waals surface area contributed by atoms with E-state index < -0.39 is 41.1 Å². The van der Waals surface area contributed by atoms with Crippen LogP contribution in [0.5, 0.6) is 0 Å². The molecule has 18 heteroatoms. The van der Waals surface area contributed by atoms with Crippen LogP contribution in [0.25, 0.3) is 10.9 Å². The summed E-state index contributed by atoms with van der Waals surface area (Å²) in [5.41, 5.74) is 2.21.